The van der Waals surface area contributed by atoms with Crippen molar-refractivity contribution in [2.45, 2.75) is 13.5 Å². The molecule has 112 valence electrons. The van der Waals surface area contributed by atoms with Gasteiger partial charge in [0.1, 0.15) is 0 Å². The van der Waals surface area contributed by atoms with Gasteiger partial charge in [-0.3, -0.25) is 5.43 Å². The Morgan fingerprint density at radius 2 is 2.05 bits per heavy atom. The minimum Gasteiger partial charge on any atom is -0.464 e. The fourth-order valence-electron chi connectivity index (χ4n) is 1.73. The predicted octanol–water partition coefficient (Wildman–Crippen LogP) is 1.85. The third-order valence-electron chi connectivity index (χ3n) is 2.71. The second-order valence-corrected chi connectivity index (χ2v) is 4.67. The highest BCUT2D eigenvalue weighted by Gasteiger charge is 2.12. The number of halogens is 1. The van der Waals surface area contributed by atoms with Crippen molar-refractivity contribution in [1.82, 2.24) is 15.0 Å². The van der Waals surface area contributed by atoms with Crippen LogP contribution in [-0.2, 0) is 6.54 Å². The largest absolute Gasteiger partial charge is 0.464 e. The lowest BCUT2D eigenvalue weighted by Crippen LogP contribution is -2.22. The van der Waals surface area contributed by atoms with Crippen LogP contribution in [0.1, 0.15) is 12.5 Å². The molecule has 0 aliphatic heterocycles. The van der Waals surface area contributed by atoms with Gasteiger partial charge in [0, 0.05) is 18.6 Å². The lowest BCUT2D eigenvalue weighted by molar-refractivity contribution is 0.312. The Morgan fingerprint density at radius 3 is 2.71 bits per heavy atom. The molecule has 0 unspecified atom stereocenters. The van der Waals surface area contributed by atoms with Gasteiger partial charge in [-0.15, -0.1) is 0 Å². The number of benzene rings is 1. The fraction of sp³-hybridized carbons (Fsp3) is 0.308. The standard InChI is InChI=1S/C13H17ClN6O/c1-3-21-13-17-11(19-15)16-12(18-13)20(2)8-9-6-4-5-7-10(9)14/h4-7H,3,8,15H2,1-2H3,(H,16,17,18,19). The van der Waals surface area contributed by atoms with Gasteiger partial charge in [-0.05, 0) is 18.6 Å². The highest BCUT2D eigenvalue weighted by molar-refractivity contribution is 6.31. The van der Waals surface area contributed by atoms with Gasteiger partial charge in [-0.2, -0.15) is 15.0 Å². The molecule has 0 amide bonds. The Balaban J connectivity index is 2.23. The van der Waals surface area contributed by atoms with Crippen molar-refractivity contribution in [3.8, 4) is 6.01 Å². The van der Waals surface area contributed by atoms with Crippen molar-refractivity contribution in [1.29, 1.82) is 0 Å². The average Bonchev–Trinajstić information content (AvgIpc) is 2.49. The first-order valence-corrected chi connectivity index (χ1v) is 6.82. The summed E-state index contributed by atoms with van der Waals surface area (Å²) in [7, 11) is 1.86. The molecule has 1 aromatic heterocycles. The number of anilines is 2. The summed E-state index contributed by atoms with van der Waals surface area (Å²) >= 11 is 6.16. The number of nitrogens with zero attached hydrogens (tertiary/aromatic N) is 4. The summed E-state index contributed by atoms with van der Waals surface area (Å²) in [5.41, 5.74) is 3.38. The molecule has 0 aliphatic rings. The van der Waals surface area contributed by atoms with Crippen LogP contribution in [0.2, 0.25) is 5.02 Å². The first-order chi connectivity index (χ1) is 10.1. The van der Waals surface area contributed by atoms with E-state index in [4.69, 9.17) is 22.2 Å². The molecule has 0 saturated heterocycles. The maximum Gasteiger partial charge on any atom is 0.323 e. The van der Waals surface area contributed by atoms with E-state index in [1.165, 1.54) is 0 Å². The minimum absolute atomic E-state index is 0.224. The van der Waals surface area contributed by atoms with Crippen LogP contribution in [0.15, 0.2) is 24.3 Å². The van der Waals surface area contributed by atoms with E-state index >= 15 is 0 Å². The van der Waals surface area contributed by atoms with Crippen LogP contribution in [0, 0.1) is 0 Å². The van der Waals surface area contributed by atoms with Crippen molar-refractivity contribution in [3.05, 3.63) is 34.9 Å². The first kappa shape index (κ1) is 15.3. The molecule has 2 aromatic rings. The van der Waals surface area contributed by atoms with Gasteiger partial charge in [0.05, 0.1) is 6.61 Å². The van der Waals surface area contributed by atoms with Gasteiger partial charge in [0.15, 0.2) is 0 Å². The number of ether oxygens (including phenoxy) is 1. The number of nitrogens with one attached hydrogen (secondary N) is 1. The second kappa shape index (κ2) is 7.05. The van der Waals surface area contributed by atoms with E-state index in [9.17, 15) is 0 Å². The topological polar surface area (TPSA) is 89.2 Å². The molecule has 0 aliphatic carbocycles. The summed E-state index contributed by atoms with van der Waals surface area (Å²) in [6, 6.07) is 7.84. The van der Waals surface area contributed by atoms with Gasteiger partial charge < -0.3 is 9.64 Å². The summed E-state index contributed by atoms with van der Waals surface area (Å²) in [6.07, 6.45) is 0. The van der Waals surface area contributed by atoms with Gasteiger partial charge in [-0.25, -0.2) is 5.84 Å². The number of hydrogen-bond acceptors (Lipinski definition) is 7. The van der Waals surface area contributed by atoms with E-state index < -0.39 is 0 Å². The monoisotopic (exact) mass is 308 g/mol. The fourth-order valence-corrected chi connectivity index (χ4v) is 1.92. The van der Waals surface area contributed by atoms with Gasteiger partial charge in [0.2, 0.25) is 11.9 Å². The molecule has 0 atom stereocenters. The van der Waals surface area contributed by atoms with Crippen molar-refractivity contribution < 1.29 is 4.74 Å². The molecule has 1 aromatic carbocycles. The van der Waals surface area contributed by atoms with E-state index in [1.54, 1.807) is 0 Å². The molecule has 7 nitrogen and oxygen atoms in total. The summed E-state index contributed by atoms with van der Waals surface area (Å²) < 4.78 is 5.30. The number of hydrogen-bond donors (Lipinski definition) is 2. The normalized spacial score (nSPS) is 10.3. The molecule has 0 fully saturated rings. The Kier molecular flexibility index (Phi) is 5.13. The SMILES string of the molecule is CCOc1nc(NN)nc(N(C)Cc2ccccc2Cl)n1. The van der Waals surface area contributed by atoms with E-state index in [-0.39, 0.29) is 12.0 Å². The van der Waals surface area contributed by atoms with Crippen LogP contribution in [0.25, 0.3) is 0 Å². The Bertz CT molecular complexity index is 609. The van der Waals surface area contributed by atoms with Gasteiger partial charge >= 0.3 is 6.01 Å². The lowest BCUT2D eigenvalue weighted by atomic mass is 10.2. The maximum atomic E-state index is 6.16. The van der Waals surface area contributed by atoms with E-state index in [2.05, 4.69) is 20.4 Å². The minimum atomic E-state index is 0.224. The molecular weight excluding hydrogens is 292 g/mol. The number of aromatic nitrogens is 3. The third kappa shape index (κ3) is 3.93. The van der Waals surface area contributed by atoms with Crippen LogP contribution in [-0.4, -0.2) is 28.6 Å². The van der Waals surface area contributed by atoms with Crippen LogP contribution >= 0.6 is 11.6 Å². The van der Waals surface area contributed by atoms with Crippen molar-refractivity contribution in [2.75, 3.05) is 24.0 Å². The average molecular weight is 309 g/mol. The van der Waals surface area contributed by atoms with Crippen LogP contribution in [0.4, 0.5) is 11.9 Å². The van der Waals surface area contributed by atoms with Crippen molar-refractivity contribution in [3.63, 3.8) is 0 Å². The molecule has 0 bridgehead atoms. The Hall–Kier alpha value is -2.12. The van der Waals surface area contributed by atoms with Crippen molar-refractivity contribution >= 4 is 23.5 Å². The van der Waals surface area contributed by atoms with Gasteiger partial charge in [-0.1, -0.05) is 29.8 Å². The zero-order chi connectivity index (χ0) is 15.2. The highest BCUT2D eigenvalue weighted by atomic mass is 35.5. The highest BCUT2D eigenvalue weighted by Crippen LogP contribution is 2.20. The predicted molar refractivity (Wildman–Crippen MR) is 82.4 cm³/mol. The summed E-state index contributed by atoms with van der Waals surface area (Å²) in [6.45, 7) is 2.87. The van der Waals surface area contributed by atoms with Crippen LogP contribution < -0.4 is 20.9 Å². The van der Waals surface area contributed by atoms with Crippen molar-refractivity contribution in [2.24, 2.45) is 5.84 Å². The van der Waals surface area contributed by atoms with E-state index in [0.29, 0.717) is 24.1 Å². The molecular formula is C13H17ClN6O. The zero-order valence-corrected chi connectivity index (χ0v) is 12.6. The van der Waals surface area contributed by atoms with Crippen LogP contribution in [0.3, 0.4) is 0 Å². The first-order valence-electron chi connectivity index (χ1n) is 6.44. The third-order valence-corrected chi connectivity index (χ3v) is 3.08. The number of rotatable bonds is 6. The molecule has 0 saturated carbocycles. The molecule has 8 heteroatoms. The van der Waals surface area contributed by atoms with Crippen LogP contribution in [0.5, 0.6) is 6.01 Å². The molecule has 21 heavy (non-hydrogen) atoms. The number of nitrogens with two attached hydrogens (primary N) is 1. The second-order valence-electron chi connectivity index (χ2n) is 4.27. The molecule has 2 rings (SSSR count). The molecule has 0 spiro atoms. The van der Waals surface area contributed by atoms with E-state index in [1.807, 2.05) is 43.1 Å². The quantitative estimate of drug-likeness (QED) is 0.621. The summed E-state index contributed by atoms with van der Waals surface area (Å²) in [5.74, 6) is 6.05. The molecule has 1 heterocycles. The summed E-state index contributed by atoms with van der Waals surface area (Å²) in [4.78, 5) is 14.3. The zero-order valence-electron chi connectivity index (χ0n) is 11.9. The Morgan fingerprint density at radius 1 is 1.29 bits per heavy atom. The smallest absolute Gasteiger partial charge is 0.323 e. The molecule has 3 N–H and O–H groups in total. The maximum absolute atomic E-state index is 6.16. The Labute approximate surface area is 128 Å². The van der Waals surface area contributed by atoms with Gasteiger partial charge in [0.25, 0.3) is 0 Å². The number of nitrogen functional groups attached to an aromatic ring is 1. The van der Waals surface area contributed by atoms with E-state index in [0.717, 1.165) is 5.56 Å². The number of hydrazine groups is 1. The molecule has 0 radical (unpaired) electrons. The lowest BCUT2D eigenvalue weighted by Gasteiger charge is -2.18. The summed E-state index contributed by atoms with van der Waals surface area (Å²) in [5, 5.41) is 0.695.